The molecule has 1 fully saturated rings. The maximum Gasteiger partial charge on any atom is 0.0177 e. The maximum absolute atomic E-state index is 4.33. The van der Waals surface area contributed by atoms with Gasteiger partial charge in [-0.1, -0.05) is 52.3 Å². The molecule has 1 saturated heterocycles. The first kappa shape index (κ1) is 20.4. The van der Waals surface area contributed by atoms with Crippen molar-refractivity contribution in [3.8, 4) is 0 Å². The highest BCUT2D eigenvalue weighted by Crippen LogP contribution is 2.30. The van der Waals surface area contributed by atoms with Gasteiger partial charge in [0.15, 0.2) is 0 Å². The molecular formula is C23H37NS. The van der Waals surface area contributed by atoms with Gasteiger partial charge in [0.05, 0.1) is 0 Å². The van der Waals surface area contributed by atoms with E-state index in [1.807, 2.05) is 11.8 Å². The first-order chi connectivity index (χ1) is 11.9. The highest BCUT2D eigenvalue weighted by atomic mass is 32.2. The molecule has 0 amide bonds. The lowest BCUT2D eigenvalue weighted by molar-refractivity contribution is 0.199. The van der Waals surface area contributed by atoms with Crippen LogP contribution in [0.2, 0.25) is 0 Å². The van der Waals surface area contributed by atoms with Gasteiger partial charge in [0, 0.05) is 23.7 Å². The normalized spacial score (nSPS) is 16.2. The fourth-order valence-electron chi connectivity index (χ4n) is 3.82. The fourth-order valence-corrected chi connectivity index (χ4v) is 4.22. The molecular weight excluding hydrogens is 322 g/mol. The summed E-state index contributed by atoms with van der Waals surface area (Å²) >= 11 is 1.82. The molecule has 1 aromatic carbocycles. The topological polar surface area (TPSA) is 3.24 Å². The third kappa shape index (κ3) is 7.48. The first-order valence-electron chi connectivity index (χ1n) is 9.93. The van der Waals surface area contributed by atoms with E-state index in [0.29, 0.717) is 5.41 Å². The molecule has 0 N–H and O–H groups in total. The predicted molar refractivity (Wildman–Crippen MR) is 113 cm³/mol. The summed E-state index contributed by atoms with van der Waals surface area (Å²) in [5.74, 6) is 0.928. The minimum atomic E-state index is 0.349. The third-order valence-corrected chi connectivity index (χ3v) is 6.03. The molecule has 0 saturated carbocycles. The van der Waals surface area contributed by atoms with Crippen molar-refractivity contribution in [2.75, 3.05) is 19.3 Å². The average molecular weight is 360 g/mol. The zero-order valence-corrected chi connectivity index (χ0v) is 17.6. The van der Waals surface area contributed by atoms with E-state index in [1.54, 1.807) is 0 Å². The summed E-state index contributed by atoms with van der Waals surface area (Å²) in [6.45, 7) is 13.7. The number of thioether (sulfide) groups is 1. The highest BCUT2D eigenvalue weighted by Gasteiger charge is 2.22. The second-order valence-electron chi connectivity index (χ2n) is 8.83. The fraction of sp³-hybridized carbons (Fsp3) is 0.652. The Kier molecular flexibility index (Phi) is 7.93. The first-order valence-corrected chi connectivity index (χ1v) is 11.2. The molecule has 1 aliphatic rings. The van der Waals surface area contributed by atoms with Gasteiger partial charge in [0.25, 0.3) is 0 Å². The predicted octanol–water partition coefficient (Wildman–Crippen LogP) is 6.78. The number of rotatable bonds is 8. The molecule has 1 aromatic rings. The van der Waals surface area contributed by atoms with Gasteiger partial charge in [-0.15, -0.1) is 11.8 Å². The van der Waals surface area contributed by atoms with Crippen molar-refractivity contribution >= 4 is 11.8 Å². The number of benzene rings is 1. The van der Waals surface area contributed by atoms with Crippen LogP contribution < -0.4 is 0 Å². The lowest BCUT2D eigenvalue weighted by Crippen LogP contribution is -2.34. The zero-order valence-electron chi connectivity index (χ0n) is 16.8. The Morgan fingerprint density at radius 3 is 2.32 bits per heavy atom. The molecule has 1 heterocycles. The second-order valence-corrected chi connectivity index (χ2v) is 9.71. The molecule has 1 aliphatic heterocycles. The van der Waals surface area contributed by atoms with Crippen LogP contribution in [0.15, 0.2) is 41.4 Å². The van der Waals surface area contributed by atoms with E-state index in [9.17, 15) is 0 Å². The smallest absolute Gasteiger partial charge is 0.0177 e. The van der Waals surface area contributed by atoms with Crippen molar-refractivity contribution in [1.29, 1.82) is 0 Å². The number of nitrogens with zero attached hydrogens (tertiary/aromatic N) is 1. The summed E-state index contributed by atoms with van der Waals surface area (Å²) in [6.07, 6.45) is 11.3. The molecule has 0 atom stereocenters. The molecule has 0 radical (unpaired) electrons. The molecule has 0 spiro atoms. The minimum Gasteiger partial charge on any atom is -0.375 e. The van der Waals surface area contributed by atoms with Crippen molar-refractivity contribution in [2.45, 2.75) is 70.6 Å². The largest absolute Gasteiger partial charge is 0.375 e. The summed E-state index contributed by atoms with van der Waals surface area (Å²) in [7, 11) is 0. The van der Waals surface area contributed by atoms with Crippen molar-refractivity contribution in [3.63, 3.8) is 0 Å². The van der Waals surface area contributed by atoms with Crippen LogP contribution in [-0.2, 0) is 6.42 Å². The molecule has 0 aromatic heterocycles. The van der Waals surface area contributed by atoms with E-state index in [1.165, 1.54) is 67.8 Å². The average Bonchev–Trinajstić information content (AvgIpc) is 2.58. The second kappa shape index (κ2) is 9.71. The summed E-state index contributed by atoms with van der Waals surface area (Å²) in [5.41, 5.74) is 3.19. The third-order valence-electron chi connectivity index (χ3n) is 5.28. The summed E-state index contributed by atoms with van der Waals surface area (Å²) in [4.78, 5) is 3.90. The Balaban J connectivity index is 1.61. The molecule has 2 rings (SSSR count). The molecule has 0 unspecified atom stereocenters. The van der Waals surface area contributed by atoms with Gasteiger partial charge >= 0.3 is 0 Å². The van der Waals surface area contributed by atoms with E-state index in [0.717, 1.165) is 12.3 Å². The van der Waals surface area contributed by atoms with Crippen molar-refractivity contribution < 1.29 is 0 Å². The van der Waals surface area contributed by atoms with Gasteiger partial charge in [-0.25, -0.2) is 0 Å². The Morgan fingerprint density at radius 1 is 1.12 bits per heavy atom. The monoisotopic (exact) mass is 359 g/mol. The molecule has 2 heteroatoms. The van der Waals surface area contributed by atoms with Gasteiger partial charge < -0.3 is 4.90 Å². The van der Waals surface area contributed by atoms with Crippen LogP contribution in [-0.4, -0.2) is 24.2 Å². The Hall–Kier alpha value is -0.890. The Morgan fingerprint density at radius 2 is 1.76 bits per heavy atom. The van der Waals surface area contributed by atoms with E-state index in [2.05, 4.69) is 62.8 Å². The van der Waals surface area contributed by atoms with Crippen LogP contribution in [0.25, 0.3) is 0 Å². The van der Waals surface area contributed by atoms with E-state index in [4.69, 9.17) is 0 Å². The van der Waals surface area contributed by atoms with Crippen molar-refractivity contribution in [3.05, 3.63) is 42.1 Å². The van der Waals surface area contributed by atoms with Gasteiger partial charge in [-0.3, -0.25) is 0 Å². The van der Waals surface area contributed by atoms with Crippen LogP contribution in [0, 0.1) is 11.3 Å². The van der Waals surface area contributed by atoms with Crippen LogP contribution in [0.3, 0.4) is 0 Å². The van der Waals surface area contributed by atoms with Crippen molar-refractivity contribution in [2.24, 2.45) is 11.3 Å². The van der Waals surface area contributed by atoms with Crippen LogP contribution in [0.5, 0.6) is 0 Å². The number of piperidine rings is 1. The highest BCUT2D eigenvalue weighted by molar-refractivity contribution is 7.98. The molecule has 0 aliphatic carbocycles. The van der Waals surface area contributed by atoms with Crippen LogP contribution in [0.1, 0.15) is 64.9 Å². The molecule has 1 nitrogen and oxygen atoms in total. The quantitative estimate of drug-likeness (QED) is 0.371. The SMILES string of the molecule is C=C(CC(C)(C)C)N1CCC(CCCCc2ccc(SC)cc2)CC1. The number of allylic oxidation sites excluding steroid dienone is 1. The standard InChI is InChI=1S/C23H37NS/c1-19(18-23(2,3)4)24-16-14-21(15-17-24)9-7-6-8-20-10-12-22(25-5)13-11-20/h10-13,21H,1,6-9,14-18H2,2-5H3. The zero-order chi connectivity index (χ0) is 18.3. The number of likely N-dealkylation sites (tertiary alicyclic amines) is 1. The Labute approximate surface area is 160 Å². The number of hydrogen-bond donors (Lipinski definition) is 0. The van der Waals surface area contributed by atoms with Crippen LogP contribution in [0.4, 0.5) is 0 Å². The molecule has 0 bridgehead atoms. The van der Waals surface area contributed by atoms with Crippen molar-refractivity contribution in [1.82, 2.24) is 4.90 Å². The van der Waals surface area contributed by atoms with Gasteiger partial charge in [0.1, 0.15) is 0 Å². The minimum absolute atomic E-state index is 0.349. The summed E-state index contributed by atoms with van der Waals surface area (Å²) in [6, 6.07) is 9.09. The van der Waals surface area contributed by atoms with E-state index < -0.39 is 0 Å². The lowest BCUT2D eigenvalue weighted by Gasteiger charge is -2.36. The maximum atomic E-state index is 4.33. The summed E-state index contributed by atoms with van der Waals surface area (Å²) < 4.78 is 0. The van der Waals surface area contributed by atoms with Gasteiger partial charge in [-0.05, 0) is 67.4 Å². The number of aryl methyl sites for hydroxylation is 1. The number of unbranched alkanes of at least 4 members (excludes halogenated alkanes) is 1. The van der Waals surface area contributed by atoms with Crippen LogP contribution >= 0.6 is 11.8 Å². The van der Waals surface area contributed by atoms with Gasteiger partial charge in [0.2, 0.25) is 0 Å². The number of hydrogen-bond acceptors (Lipinski definition) is 2. The van der Waals surface area contributed by atoms with E-state index >= 15 is 0 Å². The summed E-state index contributed by atoms with van der Waals surface area (Å²) in [5, 5.41) is 0. The molecule has 25 heavy (non-hydrogen) atoms. The Bertz CT molecular complexity index is 518. The molecule has 140 valence electrons. The van der Waals surface area contributed by atoms with Gasteiger partial charge in [-0.2, -0.15) is 0 Å². The van der Waals surface area contributed by atoms with E-state index in [-0.39, 0.29) is 0 Å². The lowest BCUT2D eigenvalue weighted by atomic mass is 9.88.